The van der Waals surface area contributed by atoms with E-state index in [2.05, 4.69) is 378 Å². The van der Waals surface area contributed by atoms with Gasteiger partial charge in [0.25, 0.3) is 0 Å². The number of hydrogen-bond acceptors (Lipinski definition) is 24. The Morgan fingerprint density at radius 2 is 0.354 bits per heavy atom. The number of hydroxylamine groups is 20. The Morgan fingerprint density at radius 1 is 0.222 bits per heavy atom. The van der Waals surface area contributed by atoms with E-state index in [1.54, 1.807) is 13.8 Å². The lowest BCUT2D eigenvalue weighted by Crippen LogP contribution is -2.64. The zero-order valence-electron chi connectivity index (χ0n) is 105. The predicted octanol–water partition coefficient (Wildman–Crippen LogP) is 27.0. The number of carbonyl (C=O) groups is 1. The fourth-order valence-corrected chi connectivity index (χ4v) is 32.7. The second-order valence-corrected chi connectivity index (χ2v) is 64.3. The van der Waals surface area contributed by atoms with Gasteiger partial charge in [0, 0.05) is 135 Å². The second-order valence-electron chi connectivity index (χ2n) is 64.3. The normalized spacial score (nSPS) is 28.5. The quantitative estimate of drug-likeness (QED) is 0.0612. The maximum absolute atomic E-state index is 12.3. The van der Waals surface area contributed by atoms with Crippen molar-refractivity contribution in [2.75, 3.05) is 66.1 Å². The highest BCUT2D eigenvalue weighted by Gasteiger charge is 2.57. The molecule has 852 valence electrons. The van der Waals surface area contributed by atoms with Crippen LogP contribution in [0.3, 0.4) is 0 Å². The summed E-state index contributed by atoms with van der Waals surface area (Å²) in [6.07, 6.45) is 21.0. The molecule has 10 aliphatic heterocycles. The van der Waals surface area contributed by atoms with Gasteiger partial charge in [-0.15, -0.1) is 0 Å². The molecule has 144 heavy (non-hydrogen) atoms. The third kappa shape index (κ3) is 35.9. The highest BCUT2D eigenvalue weighted by molar-refractivity contribution is 5.81. The third-order valence-electron chi connectivity index (χ3n) is 32.6. The Balaban J connectivity index is 0.000000282. The summed E-state index contributed by atoms with van der Waals surface area (Å²) in [5, 5.41) is 54.7. The molecule has 0 aromatic carbocycles. The van der Waals surface area contributed by atoms with Crippen LogP contribution < -0.4 is 0 Å². The van der Waals surface area contributed by atoms with Gasteiger partial charge in [0.1, 0.15) is 36.8 Å². The van der Waals surface area contributed by atoms with Crippen LogP contribution in [0.1, 0.15) is 509 Å². The zero-order chi connectivity index (χ0) is 111. The summed E-state index contributed by atoms with van der Waals surface area (Å²) >= 11 is 0. The minimum absolute atomic E-state index is 0.0467. The molecule has 10 heterocycles. The fraction of sp³-hybridized carbons (Fsp3) is 0.992. The van der Waals surface area contributed by atoms with Gasteiger partial charge in [-0.3, -0.25) is 53.2 Å². The molecular weight excluding hydrogens is 1810 g/mol. The van der Waals surface area contributed by atoms with Crippen LogP contribution in [0.4, 0.5) is 0 Å². The van der Waals surface area contributed by atoms with Gasteiger partial charge >= 0.3 is 0 Å². The Bertz CT molecular complexity index is 3460. The van der Waals surface area contributed by atoms with Crippen molar-refractivity contribution in [3.8, 4) is 0 Å². The van der Waals surface area contributed by atoms with E-state index < -0.39 is 16.8 Å². The Labute approximate surface area is 887 Å². The molecular formula is C120H238N10O14. The average Bonchev–Trinajstić information content (AvgIpc) is 0.753. The van der Waals surface area contributed by atoms with Crippen LogP contribution in [0.5, 0.6) is 0 Å². The minimum Gasteiger partial charge on any atom is -0.388 e. The van der Waals surface area contributed by atoms with Gasteiger partial charge < -0.3 is 15.3 Å². The fourth-order valence-electron chi connectivity index (χ4n) is 32.7. The summed E-state index contributed by atoms with van der Waals surface area (Å²) in [5.74, 6) is 6.69. The van der Waals surface area contributed by atoms with E-state index in [9.17, 15) is 20.1 Å². The molecule has 0 aromatic rings. The Kier molecular flexibility index (Phi) is 42.4. The minimum atomic E-state index is -1.35. The summed E-state index contributed by atoms with van der Waals surface area (Å²) in [4.78, 5) is 75.8. The molecule has 0 spiro atoms. The van der Waals surface area contributed by atoms with E-state index in [0.717, 1.165) is 87.9 Å². The lowest BCUT2D eigenvalue weighted by Gasteiger charge is -2.55. The molecule has 0 unspecified atom stereocenters. The smallest absolute Gasteiger partial charge is 0.140 e. The van der Waals surface area contributed by atoms with Gasteiger partial charge in [-0.2, -0.15) is 50.6 Å². The third-order valence-corrected chi connectivity index (χ3v) is 32.6. The van der Waals surface area contributed by atoms with Crippen LogP contribution in [0.25, 0.3) is 0 Å². The molecule has 0 saturated carbocycles. The number of Topliss-reactive ketones (excluding diaryl/α,β-unsaturated/α-hetero) is 1. The van der Waals surface area contributed by atoms with Gasteiger partial charge in [0.15, 0.2) is 0 Å². The lowest BCUT2D eigenvalue weighted by atomic mass is 9.76. The molecule has 10 aliphatic rings. The van der Waals surface area contributed by atoms with Crippen molar-refractivity contribution in [1.82, 2.24) is 50.6 Å². The number of piperidine rings is 10. The first-order valence-electron chi connectivity index (χ1n) is 57.1. The SMILES string of the molecule is CC(C)(O)CON1C(C)(C)CC(=O)CC1(C)C.CC(CON1C(C)(C)CC(C)CC1(C)C)CON1C(C)(C)CC(C)CC1(C)C.CC1CC(C)(C)N(OCC(C)(C)CON2C(C)(C)CC(C)CC2(C)C)C(C)(C)C1.CC1CC(C)(C)N(OCC(C)(O)CON2C(C)(C)CC(C)CC2(C)C)C(C)(C)C1.CC1CC(C)(C)N(OCC(O)(CON2C(C)(C)CC(C)CC2(C)C)CON2C(C)(C)CC(C)CC2(C)C)C(C)(C)C1. The van der Waals surface area contributed by atoms with Gasteiger partial charge in [-0.25, -0.2) is 0 Å². The topological polar surface area (TPSA) is 202 Å². The number of rotatable bonds is 30. The van der Waals surface area contributed by atoms with E-state index in [0.29, 0.717) is 74.8 Å². The van der Waals surface area contributed by atoms with Crippen LogP contribution in [-0.2, 0) is 53.2 Å². The van der Waals surface area contributed by atoms with E-state index in [1.807, 2.05) is 39.7 Å². The van der Waals surface area contributed by atoms with Crippen molar-refractivity contribution in [2.45, 2.75) is 637 Å². The molecule has 10 fully saturated rings. The zero-order valence-corrected chi connectivity index (χ0v) is 105. The average molecular weight is 2050 g/mol. The molecule has 0 atom stereocenters. The number of aliphatic hydroxyl groups is 3. The first-order chi connectivity index (χ1) is 64.1. The predicted molar refractivity (Wildman–Crippen MR) is 594 cm³/mol. The summed E-state index contributed by atoms with van der Waals surface area (Å²) in [6.45, 7) is 127. The van der Waals surface area contributed by atoms with Gasteiger partial charge in [0.2, 0.25) is 0 Å². The van der Waals surface area contributed by atoms with Crippen LogP contribution >= 0.6 is 0 Å². The molecule has 24 nitrogen and oxygen atoms in total. The van der Waals surface area contributed by atoms with Gasteiger partial charge in [0.05, 0.1) is 51.8 Å². The van der Waals surface area contributed by atoms with Crippen LogP contribution in [0, 0.1) is 64.6 Å². The molecule has 10 rings (SSSR count). The molecule has 3 N–H and O–H groups in total. The summed E-state index contributed by atoms with van der Waals surface area (Å²) in [7, 11) is 0. The van der Waals surface area contributed by atoms with Crippen LogP contribution in [-0.4, -0.2) is 265 Å². The number of carbonyl (C=O) groups excluding carboxylic acids is 1. The standard InChI is InChI=1S/C34H67N3O4.C25H50N2O2.C24H48N2O3.C24H48N2O2.C13H25NO3/c1-25-16-28(4,5)35(29(6,7)17-25)39-22-34(38,23-40-36-30(8,9)18-26(2)19-31(36,10)11)24-41-37-32(12,13)20-27(3)21-33(37,14)15;1-19-13-22(5,6)26(23(7,8)14-19)28-17-21(3,4)18-29-27-24(9,10)15-20(2)16-25(27,11)12;1-18-12-20(3,4)25(21(5,6)13-18)28-16-24(11,27)17-29-26-22(7,8)14-19(2)15-23(26,9)10;1-18-12-21(4,5)25(22(6,7)13-18)27-16-20(3)17-28-26-23(8,9)14-19(2)15-24(26,10)11;1-11(2)7-10(15)8-12(3,4)14(11)17-9-13(5,6)16/h25-27,38H,16-24H2,1-15H3;19-20H,13-18H2,1-12H3;18-19,27H,12-17H2,1-11H3;18-20H,12-17H2,1-11H3;16H,7-9H2,1-6H3. The van der Waals surface area contributed by atoms with E-state index in [4.69, 9.17) is 48.4 Å². The molecule has 0 aromatic heterocycles. The van der Waals surface area contributed by atoms with E-state index in [1.165, 1.54) is 51.4 Å². The first kappa shape index (κ1) is 131. The maximum Gasteiger partial charge on any atom is 0.140 e. The van der Waals surface area contributed by atoms with Gasteiger partial charge in [-0.05, 0) is 467 Å². The Hall–Kier alpha value is -1.25. The van der Waals surface area contributed by atoms with Crippen molar-refractivity contribution in [2.24, 2.45) is 64.6 Å². The number of ketones is 1. The molecule has 0 radical (unpaired) electrons. The number of nitrogens with zero attached hydrogens (tertiary/aromatic N) is 10. The summed E-state index contributed by atoms with van der Waals surface area (Å²) in [5.41, 5.74) is -4.71. The highest BCUT2D eigenvalue weighted by atomic mass is 16.7. The first-order valence-corrected chi connectivity index (χ1v) is 57.1. The lowest BCUT2D eigenvalue weighted by molar-refractivity contribution is -0.355. The summed E-state index contributed by atoms with van der Waals surface area (Å²) in [6, 6.07) is 0. The van der Waals surface area contributed by atoms with Crippen molar-refractivity contribution in [1.29, 1.82) is 0 Å². The highest BCUT2D eigenvalue weighted by Crippen LogP contribution is 2.52. The van der Waals surface area contributed by atoms with Crippen LogP contribution in [0.2, 0.25) is 0 Å². The molecule has 0 bridgehead atoms. The molecule has 10 saturated heterocycles. The molecule has 24 heteroatoms. The van der Waals surface area contributed by atoms with E-state index >= 15 is 0 Å². The monoisotopic (exact) mass is 2040 g/mol. The largest absolute Gasteiger partial charge is 0.388 e. The molecule has 0 amide bonds. The van der Waals surface area contributed by atoms with Crippen molar-refractivity contribution in [3.63, 3.8) is 0 Å². The van der Waals surface area contributed by atoms with Gasteiger partial charge in [-0.1, -0.05) is 83.1 Å². The van der Waals surface area contributed by atoms with Crippen molar-refractivity contribution >= 4 is 5.78 Å². The number of hydrogen-bond donors (Lipinski definition) is 3. The van der Waals surface area contributed by atoms with E-state index in [-0.39, 0.29) is 162 Å². The van der Waals surface area contributed by atoms with Crippen molar-refractivity contribution in [3.05, 3.63) is 0 Å². The van der Waals surface area contributed by atoms with Crippen molar-refractivity contribution < 1.29 is 68.5 Å². The Morgan fingerprint density at radius 3 is 0.514 bits per heavy atom. The van der Waals surface area contributed by atoms with Crippen LogP contribution in [0.15, 0.2) is 0 Å². The maximum atomic E-state index is 12.3. The summed E-state index contributed by atoms with van der Waals surface area (Å²) < 4.78 is 0. The second kappa shape index (κ2) is 46.5. The molecule has 0 aliphatic carbocycles.